The summed E-state index contributed by atoms with van der Waals surface area (Å²) in [5.74, 6) is 0. The van der Waals surface area contributed by atoms with Crippen LogP contribution in [-0.4, -0.2) is 16.3 Å². The van der Waals surface area contributed by atoms with Gasteiger partial charge in [0, 0.05) is 11.8 Å². The van der Waals surface area contributed by atoms with E-state index in [4.69, 9.17) is 17.3 Å². The minimum atomic E-state index is 0.109. The average molecular weight is 229 g/mol. The molecule has 1 aromatic rings. The van der Waals surface area contributed by atoms with Crippen molar-refractivity contribution in [3.05, 3.63) is 28.5 Å². The number of thiocarbonyl (C=S) groups is 1. The van der Waals surface area contributed by atoms with Crippen LogP contribution in [0.4, 0.5) is 0 Å². The fourth-order valence-electron chi connectivity index (χ4n) is 0.831. The van der Waals surface area contributed by atoms with E-state index in [2.05, 4.69) is 27.7 Å². The number of nitrogens with one attached hydrogen (secondary N) is 1. The Labute approximate surface area is 92.2 Å². The maximum Gasteiger partial charge on any atom is 0.184 e. The number of hydrogen-bond acceptors (Lipinski definition) is 3. The van der Waals surface area contributed by atoms with Crippen LogP contribution in [0.1, 0.15) is 11.1 Å². The summed E-state index contributed by atoms with van der Waals surface area (Å²) in [6.07, 6.45) is 3.20. The Hall–Kier alpha value is -1.20. The summed E-state index contributed by atoms with van der Waals surface area (Å²) < 4.78 is 0. The standard InChI is InChI=1S/C8H9ClN4S/c1-5-2-6(7(9)11-3-5)4-12-13-8(10)14/h2-4H,1H3,(H3,10,13,14)/b12-4+. The third kappa shape index (κ3) is 3.27. The molecule has 4 nitrogen and oxygen atoms in total. The van der Waals surface area contributed by atoms with Crippen LogP contribution in [0, 0.1) is 6.92 Å². The van der Waals surface area contributed by atoms with E-state index >= 15 is 0 Å². The highest BCUT2D eigenvalue weighted by Gasteiger charge is 1.98. The summed E-state index contributed by atoms with van der Waals surface area (Å²) in [6, 6.07) is 1.86. The van der Waals surface area contributed by atoms with Gasteiger partial charge in [0.1, 0.15) is 5.15 Å². The van der Waals surface area contributed by atoms with Crippen molar-refractivity contribution in [1.82, 2.24) is 10.4 Å². The van der Waals surface area contributed by atoms with Crippen molar-refractivity contribution in [2.75, 3.05) is 0 Å². The number of aryl methyl sites for hydroxylation is 1. The summed E-state index contributed by atoms with van der Waals surface area (Å²) in [6.45, 7) is 1.92. The van der Waals surface area contributed by atoms with Crippen LogP contribution in [0.5, 0.6) is 0 Å². The summed E-state index contributed by atoms with van der Waals surface area (Å²) in [4.78, 5) is 3.96. The second-order valence-corrected chi connectivity index (χ2v) is 3.42. The fraction of sp³-hybridized carbons (Fsp3) is 0.125. The third-order valence-corrected chi connectivity index (χ3v) is 1.79. The highest BCUT2D eigenvalue weighted by Crippen LogP contribution is 2.11. The van der Waals surface area contributed by atoms with E-state index in [-0.39, 0.29) is 5.11 Å². The second kappa shape index (κ2) is 4.88. The first kappa shape index (κ1) is 10.9. The Bertz CT molecular complexity index is 378. The molecule has 14 heavy (non-hydrogen) atoms. The lowest BCUT2D eigenvalue weighted by Gasteiger charge is -1.98. The smallest absolute Gasteiger partial charge is 0.184 e. The highest BCUT2D eigenvalue weighted by molar-refractivity contribution is 7.80. The molecular weight excluding hydrogens is 220 g/mol. The van der Waals surface area contributed by atoms with E-state index < -0.39 is 0 Å². The Morgan fingerprint density at radius 3 is 3.14 bits per heavy atom. The van der Waals surface area contributed by atoms with E-state index in [0.717, 1.165) is 11.1 Å². The minimum absolute atomic E-state index is 0.109. The Morgan fingerprint density at radius 2 is 2.50 bits per heavy atom. The second-order valence-electron chi connectivity index (χ2n) is 2.63. The van der Waals surface area contributed by atoms with Crippen LogP contribution >= 0.6 is 23.8 Å². The zero-order chi connectivity index (χ0) is 10.6. The van der Waals surface area contributed by atoms with Gasteiger partial charge in [-0.1, -0.05) is 11.6 Å². The number of halogens is 1. The molecule has 0 radical (unpaired) electrons. The number of nitrogens with two attached hydrogens (primary N) is 1. The molecule has 0 aliphatic carbocycles. The molecule has 1 aromatic heterocycles. The Balaban J connectivity index is 2.80. The number of hydrogen-bond donors (Lipinski definition) is 2. The summed E-state index contributed by atoms with van der Waals surface area (Å²) in [5, 5.41) is 4.28. The zero-order valence-corrected chi connectivity index (χ0v) is 9.06. The van der Waals surface area contributed by atoms with Gasteiger partial charge in [0.15, 0.2) is 5.11 Å². The van der Waals surface area contributed by atoms with Gasteiger partial charge in [0.05, 0.1) is 6.21 Å². The van der Waals surface area contributed by atoms with E-state index in [1.54, 1.807) is 6.20 Å². The predicted octanol–water partition coefficient (Wildman–Crippen LogP) is 1.21. The lowest BCUT2D eigenvalue weighted by Crippen LogP contribution is -2.24. The van der Waals surface area contributed by atoms with Gasteiger partial charge in [-0.15, -0.1) is 0 Å². The quantitative estimate of drug-likeness (QED) is 0.346. The monoisotopic (exact) mass is 228 g/mol. The Kier molecular flexibility index (Phi) is 3.79. The van der Waals surface area contributed by atoms with Crippen molar-refractivity contribution in [2.24, 2.45) is 10.8 Å². The van der Waals surface area contributed by atoms with Gasteiger partial charge in [0.25, 0.3) is 0 Å². The number of hydrazone groups is 1. The molecule has 0 saturated carbocycles. The summed E-state index contributed by atoms with van der Waals surface area (Å²) in [5.41, 5.74) is 9.34. The number of pyridine rings is 1. The van der Waals surface area contributed by atoms with Crippen LogP contribution in [0.3, 0.4) is 0 Å². The largest absolute Gasteiger partial charge is 0.375 e. The van der Waals surface area contributed by atoms with Gasteiger partial charge in [-0.3, -0.25) is 5.43 Å². The van der Waals surface area contributed by atoms with Gasteiger partial charge in [-0.2, -0.15) is 5.10 Å². The van der Waals surface area contributed by atoms with E-state index in [9.17, 15) is 0 Å². The molecule has 3 N–H and O–H groups in total. The molecule has 1 heterocycles. The molecule has 0 saturated heterocycles. The van der Waals surface area contributed by atoms with E-state index in [1.807, 2.05) is 13.0 Å². The van der Waals surface area contributed by atoms with Gasteiger partial charge >= 0.3 is 0 Å². The molecule has 0 amide bonds. The molecule has 0 aromatic carbocycles. The van der Waals surface area contributed by atoms with Gasteiger partial charge in [0.2, 0.25) is 0 Å². The molecule has 1 rings (SSSR count). The maximum absolute atomic E-state index is 5.82. The van der Waals surface area contributed by atoms with Gasteiger partial charge < -0.3 is 5.73 Å². The first-order valence-corrected chi connectivity index (χ1v) is 4.59. The minimum Gasteiger partial charge on any atom is -0.375 e. The first-order chi connectivity index (χ1) is 6.59. The molecule has 74 valence electrons. The van der Waals surface area contributed by atoms with Crippen LogP contribution in [0.25, 0.3) is 0 Å². The molecule has 0 unspecified atom stereocenters. The predicted molar refractivity (Wildman–Crippen MR) is 61.5 cm³/mol. The van der Waals surface area contributed by atoms with Gasteiger partial charge in [-0.25, -0.2) is 4.98 Å². The van der Waals surface area contributed by atoms with Crippen LogP contribution < -0.4 is 11.2 Å². The number of nitrogens with zero attached hydrogens (tertiary/aromatic N) is 2. The SMILES string of the molecule is Cc1cnc(Cl)c(/C=N/NC(N)=S)c1. The summed E-state index contributed by atoms with van der Waals surface area (Å²) >= 11 is 10.4. The van der Waals surface area contributed by atoms with E-state index in [0.29, 0.717) is 5.15 Å². The normalized spacial score (nSPS) is 10.4. The van der Waals surface area contributed by atoms with Crippen molar-refractivity contribution < 1.29 is 0 Å². The van der Waals surface area contributed by atoms with Crippen molar-refractivity contribution in [3.63, 3.8) is 0 Å². The summed E-state index contributed by atoms with van der Waals surface area (Å²) in [7, 11) is 0. The number of aromatic nitrogens is 1. The molecule has 0 bridgehead atoms. The van der Waals surface area contributed by atoms with E-state index in [1.165, 1.54) is 6.21 Å². The molecule has 0 spiro atoms. The first-order valence-electron chi connectivity index (χ1n) is 3.80. The molecule has 0 fully saturated rings. The van der Waals surface area contributed by atoms with Crippen molar-refractivity contribution in [1.29, 1.82) is 0 Å². The van der Waals surface area contributed by atoms with Crippen LogP contribution in [-0.2, 0) is 0 Å². The Morgan fingerprint density at radius 1 is 1.79 bits per heavy atom. The molecular formula is C8H9ClN4S. The lowest BCUT2D eigenvalue weighted by atomic mass is 10.2. The molecule has 0 atom stereocenters. The lowest BCUT2D eigenvalue weighted by molar-refractivity contribution is 1.04. The molecule has 0 aliphatic rings. The topological polar surface area (TPSA) is 63.3 Å². The highest BCUT2D eigenvalue weighted by atomic mass is 35.5. The maximum atomic E-state index is 5.82. The van der Waals surface area contributed by atoms with Crippen molar-refractivity contribution >= 4 is 35.1 Å². The van der Waals surface area contributed by atoms with Crippen molar-refractivity contribution in [2.45, 2.75) is 6.92 Å². The zero-order valence-electron chi connectivity index (χ0n) is 7.49. The molecule has 0 aliphatic heterocycles. The number of rotatable bonds is 2. The van der Waals surface area contributed by atoms with Crippen LogP contribution in [0.15, 0.2) is 17.4 Å². The molecule has 6 heteroatoms. The fourth-order valence-corrected chi connectivity index (χ4v) is 1.04. The van der Waals surface area contributed by atoms with Crippen LogP contribution in [0.2, 0.25) is 5.15 Å². The third-order valence-electron chi connectivity index (χ3n) is 1.38. The van der Waals surface area contributed by atoms with Gasteiger partial charge in [-0.05, 0) is 30.8 Å². The van der Waals surface area contributed by atoms with Crippen molar-refractivity contribution in [3.8, 4) is 0 Å². The average Bonchev–Trinajstić information content (AvgIpc) is 2.10.